The van der Waals surface area contributed by atoms with Gasteiger partial charge in [-0.3, -0.25) is 14.4 Å². The molecule has 3 amide bonds. The van der Waals surface area contributed by atoms with E-state index in [1.165, 1.54) is 31.2 Å². The standard InChI is InChI=1S/C26H22FN3O3/c1-15-12-16(2)14-22(13-15)30-25(32)23(18-4-8-20(9-5-18)28-17(3)31)24(26(30)33)29-21-10-6-19(27)7-11-21/h4-14,29H,1-3H3,(H,28,31). The molecule has 0 radical (unpaired) electrons. The number of hydrogen-bond donors (Lipinski definition) is 2. The number of benzene rings is 3. The highest BCUT2D eigenvalue weighted by Crippen LogP contribution is 2.35. The van der Waals surface area contributed by atoms with E-state index in [1.54, 1.807) is 36.4 Å². The molecule has 166 valence electrons. The highest BCUT2D eigenvalue weighted by molar-refractivity contribution is 6.46. The summed E-state index contributed by atoms with van der Waals surface area (Å²) < 4.78 is 13.4. The van der Waals surface area contributed by atoms with Gasteiger partial charge in [0.1, 0.15) is 11.5 Å². The van der Waals surface area contributed by atoms with Gasteiger partial charge in [-0.25, -0.2) is 9.29 Å². The third-order valence-corrected chi connectivity index (χ3v) is 5.16. The van der Waals surface area contributed by atoms with Crippen LogP contribution in [0.25, 0.3) is 5.57 Å². The summed E-state index contributed by atoms with van der Waals surface area (Å²) in [4.78, 5) is 39.5. The number of hydrogen-bond acceptors (Lipinski definition) is 4. The maximum absolute atomic E-state index is 13.5. The van der Waals surface area contributed by atoms with Crippen LogP contribution >= 0.6 is 0 Å². The highest BCUT2D eigenvalue weighted by atomic mass is 19.1. The summed E-state index contributed by atoms with van der Waals surface area (Å²) in [5.41, 5.74) is 4.17. The van der Waals surface area contributed by atoms with Crippen molar-refractivity contribution in [3.8, 4) is 0 Å². The minimum atomic E-state index is -0.504. The zero-order valence-corrected chi connectivity index (χ0v) is 18.4. The van der Waals surface area contributed by atoms with Gasteiger partial charge in [0.25, 0.3) is 11.8 Å². The first-order valence-electron chi connectivity index (χ1n) is 10.3. The highest BCUT2D eigenvalue weighted by Gasteiger charge is 2.40. The molecule has 4 rings (SSSR count). The zero-order chi connectivity index (χ0) is 23.7. The molecule has 0 aromatic heterocycles. The fourth-order valence-electron chi connectivity index (χ4n) is 3.83. The van der Waals surface area contributed by atoms with E-state index in [1.807, 2.05) is 19.9 Å². The molecule has 0 aliphatic carbocycles. The minimum absolute atomic E-state index is 0.0954. The molecule has 3 aromatic carbocycles. The first kappa shape index (κ1) is 22.0. The third-order valence-electron chi connectivity index (χ3n) is 5.16. The molecule has 0 unspecified atom stereocenters. The minimum Gasteiger partial charge on any atom is -0.350 e. The average Bonchev–Trinajstić information content (AvgIpc) is 2.99. The Kier molecular flexibility index (Phi) is 5.79. The second-order valence-electron chi connectivity index (χ2n) is 7.93. The number of rotatable bonds is 5. The van der Waals surface area contributed by atoms with E-state index < -0.39 is 17.6 Å². The van der Waals surface area contributed by atoms with Gasteiger partial charge in [-0.15, -0.1) is 0 Å². The largest absolute Gasteiger partial charge is 0.350 e. The summed E-state index contributed by atoms with van der Waals surface area (Å²) in [5.74, 6) is -1.60. The molecular formula is C26H22FN3O3. The Balaban J connectivity index is 1.80. The molecule has 0 saturated heterocycles. The smallest absolute Gasteiger partial charge is 0.282 e. The number of nitrogens with zero attached hydrogens (tertiary/aromatic N) is 1. The number of halogens is 1. The van der Waals surface area contributed by atoms with Crippen LogP contribution < -0.4 is 15.5 Å². The molecule has 3 aromatic rings. The van der Waals surface area contributed by atoms with Crippen molar-refractivity contribution in [2.45, 2.75) is 20.8 Å². The molecule has 7 heteroatoms. The average molecular weight is 443 g/mol. The van der Waals surface area contributed by atoms with Gasteiger partial charge < -0.3 is 10.6 Å². The number of carbonyl (C=O) groups is 3. The number of imide groups is 1. The van der Waals surface area contributed by atoms with E-state index >= 15 is 0 Å². The lowest BCUT2D eigenvalue weighted by atomic mass is 10.0. The molecule has 0 spiro atoms. The Morgan fingerprint density at radius 1 is 0.818 bits per heavy atom. The molecule has 2 N–H and O–H groups in total. The molecule has 1 heterocycles. The summed E-state index contributed by atoms with van der Waals surface area (Å²) in [6, 6.07) is 17.7. The molecule has 0 atom stereocenters. The lowest BCUT2D eigenvalue weighted by Crippen LogP contribution is -2.32. The Bertz CT molecular complexity index is 1280. The quantitative estimate of drug-likeness (QED) is 0.556. The molecule has 6 nitrogen and oxygen atoms in total. The van der Waals surface area contributed by atoms with E-state index in [4.69, 9.17) is 0 Å². The van der Waals surface area contributed by atoms with Gasteiger partial charge in [0.15, 0.2) is 0 Å². The van der Waals surface area contributed by atoms with Crippen LogP contribution in [-0.4, -0.2) is 17.7 Å². The predicted molar refractivity (Wildman–Crippen MR) is 126 cm³/mol. The topological polar surface area (TPSA) is 78.5 Å². The molecule has 1 aliphatic heterocycles. The SMILES string of the molecule is CC(=O)Nc1ccc(C2=C(Nc3ccc(F)cc3)C(=O)N(c3cc(C)cc(C)c3)C2=O)cc1. The van der Waals surface area contributed by atoms with Crippen LogP contribution in [-0.2, 0) is 14.4 Å². The van der Waals surface area contributed by atoms with Crippen molar-refractivity contribution in [2.75, 3.05) is 15.5 Å². The van der Waals surface area contributed by atoms with Crippen LogP contribution in [0, 0.1) is 19.7 Å². The van der Waals surface area contributed by atoms with Crippen molar-refractivity contribution in [2.24, 2.45) is 0 Å². The van der Waals surface area contributed by atoms with E-state index in [0.717, 1.165) is 16.0 Å². The Labute approximate surface area is 190 Å². The van der Waals surface area contributed by atoms with Crippen LogP contribution in [0.5, 0.6) is 0 Å². The summed E-state index contributed by atoms with van der Waals surface area (Å²) in [6.07, 6.45) is 0. The van der Waals surface area contributed by atoms with Crippen LogP contribution in [0.1, 0.15) is 23.6 Å². The molecule has 1 aliphatic rings. The summed E-state index contributed by atoms with van der Waals surface area (Å²) in [5, 5.41) is 5.68. The van der Waals surface area contributed by atoms with Gasteiger partial charge in [-0.2, -0.15) is 0 Å². The van der Waals surface area contributed by atoms with Gasteiger partial charge in [0.2, 0.25) is 5.91 Å². The van der Waals surface area contributed by atoms with Crippen LogP contribution in [0.4, 0.5) is 21.5 Å². The van der Waals surface area contributed by atoms with Crippen molar-refractivity contribution in [1.29, 1.82) is 0 Å². The molecule has 0 bridgehead atoms. The van der Waals surface area contributed by atoms with Gasteiger partial charge >= 0.3 is 0 Å². The molecule has 33 heavy (non-hydrogen) atoms. The van der Waals surface area contributed by atoms with Crippen LogP contribution in [0.2, 0.25) is 0 Å². The second kappa shape index (κ2) is 8.70. The van der Waals surface area contributed by atoms with Crippen LogP contribution in [0.3, 0.4) is 0 Å². The van der Waals surface area contributed by atoms with Crippen LogP contribution in [0.15, 0.2) is 72.4 Å². The Morgan fingerprint density at radius 2 is 1.39 bits per heavy atom. The van der Waals surface area contributed by atoms with E-state index in [0.29, 0.717) is 22.6 Å². The summed E-state index contributed by atoms with van der Waals surface area (Å²) in [6.45, 7) is 5.20. The van der Waals surface area contributed by atoms with Crippen molar-refractivity contribution < 1.29 is 18.8 Å². The van der Waals surface area contributed by atoms with Gasteiger partial charge in [0.05, 0.1) is 11.3 Å². The fraction of sp³-hybridized carbons (Fsp3) is 0.115. The first-order valence-corrected chi connectivity index (χ1v) is 10.3. The normalized spacial score (nSPS) is 13.5. The Hall–Kier alpha value is -4.26. The van der Waals surface area contributed by atoms with Crippen molar-refractivity contribution in [3.63, 3.8) is 0 Å². The summed E-state index contributed by atoms with van der Waals surface area (Å²) >= 11 is 0. The number of aryl methyl sites for hydroxylation is 2. The maximum Gasteiger partial charge on any atom is 0.282 e. The molecule has 0 saturated carbocycles. The van der Waals surface area contributed by atoms with Crippen molar-refractivity contribution in [3.05, 3.63) is 94.9 Å². The second-order valence-corrected chi connectivity index (χ2v) is 7.93. The number of nitrogens with one attached hydrogen (secondary N) is 2. The third kappa shape index (κ3) is 4.52. The van der Waals surface area contributed by atoms with E-state index in [9.17, 15) is 18.8 Å². The Morgan fingerprint density at radius 3 is 1.97 bits per heavy atom. The van der Waals surface area contributed by atoms with Gasteiger partial charge in [-0.05, 0) is 79.1 Å². The molecular weight excluding hydrogens is 421 g/mol. The monoisotopic (exact) mass is 443 g/mol. The fourth-order valence-corrected chi connectivity index (χ4v) is 3.83. The molecule has 0 fully saturated rings. The van der Waals surface area contributed by atoms with Crippen molar-refractivity contribution >= 4 is 40.4 Å². The van der Waals surface area contributed by atoms with E-state index in [2.05, 4.69) is 10.6 Å². The summed E-state index contributed by atoms with van der Waals surface area (Å²) in [7, 11) is 0. The number of carbonyl (C=O) groups excluding carboxylic acids is 3. The first-order chi connectivity index (χ1) is 15.7. The van der Waals surface area contributed by atoms with Crippen molar-refractivity contribution in [1.82, 2.24) is 0 Å². The lowest BCUT2D eigenvalue weighted by molar-refractivity contribution is -0.120. The van der Waals surface area contributed by atoms with E-state index in [-0.39, 0.29) is 17.2 Å². The van der Waals surface area contributed by atoms with Gasteiger partial charge in [0, 0.05) is 18.3 Å². The number of amides is 3. The zero-order valence-electron chi connectivity index (χ0n) is 18.4. The lowest BCUT2D eigenvalue weighted by Gasteiger charge is -2.17. The van der Waals surface area contributed by atoms with Gasteiger partial charge in [-0.1, -0.05) is 18.2 Å². The maximum atomic E-state index is 13.5. The number of anilines is 3. The predicted octanol–water partition coefficient (Wildman–Crippen LogP) is 4.80.